The number of phenols is 1. The van der Waals surface area contributed by atoms with E-state index in [-0.39, 0.29) is 11.8 Å². The number of methoxy groups -OCH3 is 1. The van der Waals surface area contributed by atoms with Crippen LogP contribution in [0.25, 0.3) is 0 Å². The van der Waals surface area contributed by atoms with Crippen LogP contribution in [0.4, 0.5) is 10.1 Å². The van der Waals surface area contributed by atoms with Gasteiger partial charge in [0.05, 0.1) is 23.9 Å². The van der Waals surface area contributed by atoms with Crippen LogP contribution in [-0.2, 0) is 0 Å². The molecule has 2 aromatic rings. The van der Waals surface area contributed by atoms with Crippen LogP contribution in [0.15, 0.2) is 36.4 Å². The molecule has 5 heteroatoms. The van der Waals surface area contributed by atoms with E-state index in [4.69, 9.17) is 16.3 Å². The highest BCUT2D eigenvalue weighted by Gasteiger charge is 2.13. The molecule has 0 radical (unpaired) electrons. The lowest BCUT2D eigenvalue weighted by atomic mass is 10.1. The second kappa shape index (κ2) is 6.01. The molecule has 0 amide bonds. The summed E-state index contributed by atoms with van der Waals surface area (Å²) >= 11 is 6.11. The van der Waals surface area contributed by atoms with Gasteiger partial charge in [-0.2, -0.15) is 0 Å². The molecule has 0 aliphatic carbocycles. The van der Waals surface area contributed by atoms with Gasteiger partial charge in [-0.05, 0) is 25.1 Å². The lowest BCUT2D eigenvalue weighted by Crippen LogP contribution is -2.07. The maximum Gasteiger partial charge on any atom is 0.126 e. The summed E-state index contributed by atoms with van der Waals surface area (Å²) in [4.78, 5) is 0. The number of hydrogen-bond donors (Lipinski definition) is 2. The summed E-state index contributed by atoms with van der Waals surface area (Å²) in [7, 11) is 1.57. The number of anilines is 1. The largest absolute Gasteiger partial charge is 0.507 e. The highest BCUT2D eigenvalue weighted by Crippen LogP contribution is 2.32. The van der Waals surface area contributed by atoms with Crippen molar-refractivity contribution in [2.24, 2.45) is 0 Å². The van der Waals surface area contributed by atoms with Crippen LogP contribution in [-0.4, -0.2) is 12.2 Å². The molecule has 2 N–H and O–H groups in total. The fraction of sp³-hybridized carbons (Fsp3) is 0.200. The zero-order valence-electron chi connectivity index (χ0n) is 11.2. The van der Waals surface area contributed by atoms with Gasteiger partial charge in [-0.25, -0.2) is 4.39 Å². The standard InChI is InChI=1S/C15H15ClFNO2/c1-9(12-5-3-10(17)7-15(12)19)18-14-8-11(20-2)4-6-13(14)16/h3-9,18-19H,1-2H3. The molecule has 0 saturated carbocycles. The number of nitrogens with one attached hydrogen (secondary N) is 1. The lowest BCUT2D eigenvalue weighted by molar-refractivity contribution is 0.415. The van der Waals surface area contributed by atoms with E-state index < -0.39 is 5.82 Å². The molecule has 20 heavy (non-hydrogen) atoms. The summed E-state index contributed by atoms with van der Waals surface area (Å²) in [5.41, 5.74) is 1.27. The fourth-order valence-corrected chi connectivity index (χ4v) is 2.11. The van der Waals surface area contributed by atoms with Crippen LogP contribution in [0.2, 0.25) is 5.02 Å². The van der Waals surface area contributed by atoms with Crippen molar-refractivity contribution in [3.63, 3.8) is 0 Å². The summed E-state index contributed by atoms with van der Waals surface area (Å²) in [5, 5.41) is 13.5. The quantitative estimate of drug-likeness (QED) is 0.880. The van der Waals surface area contributed by atoms with Gasteiger partial charge in [0, 0.05) is 17.7 Å². The zero-order valence-corrected chi connectivity index (χ0v) is 11.9. The summed E-state index contributed by atoms with van der Waals surface area (Å²) < 4.78 is 18.1. The minimum atomic E-state index is -0.474. The minimum absolute atomic E-state index is 0.0935. The normalized spacial score (nSPS) is 12.0. The van der Waals surface area contributed by atoms with E-state index in [1.54, 1.807) is 25.3 Å². The Bertz CT molecular complexity index is 619. The minimum Gasteiger partial charge on any atom is -0.507 e. The van der Waals surface area contributed by atoms with Gasteiger partial charge in [0.2, 0.25) is 0 Å². The topological polar surface area (TPSA) is 41.5 Å². The Morgan fingerprint density at radius 2 is 2.00 bits per heavy atom. The Hall–Kier alpha value is -1.94. The molecule has 1 unspecified atom stereocenters. The van der Waals surface area contributed by atoms with Crippen molar-refractivity contribution >= 4 is 17.3 Å². The molecular weight excluding hydrogens is 281 g/mol. The predicted molar refractivity (Wildman–Crippen MR) is 78.1 cm³/mol. The van der Waals surface area contributed by atoms with E-state index >= 15 is 0 Å². The van der Waals surface area contributed by atoms with Crippen molar-refractivity contribution in [2.45, 2.75) is 13.0 Å². The van der Waals surface area contributed by atoms with Gasteiger partial charge in [0.1, 0.15) is 17.3 Å². The third-order valence-electron chi connectivity index (χ3n) is 3.00. The van der Waals surface area contributed by atoms with Gasteiger partial charge < -0.3 is 15.2 Å². The Kier molecular flexibility index (Phi) is 4.35. The van der Waals surface area contributed by atoms with Gasteiger partial charge in [0.15, 0.2) is 0 Å². The molecule has 106 valence electrons. The lowest BCUT2D eigenvalue weighted by Gasteiger charge is -2.18. The third-order valence-corrected chi connectivity index (χ3v) is 3.33. The van der Waals surface area contributed by atoms with Crippen LogP contribution in [0.5, 0.6) is 11.5 Å². The number of benzene rings is 2. The van der Waals surface area contributed by atoms with Crippen LogP contribution >= 0.6 is 11.6 Å². The first-order valence-corrected chi connectivity index (χ1v) is 6.47. The molecule has 0 aromatic heterocycles. The van der Waals surface area contributed by atoms with E-state index in [9.17, 15) is 9.50 Å². The number of phenolic OH excluding ortho intramolecular Hbond substituents is 1. The summed E-state index contributed by atoms with van der Waals surface area (Å²) in [6.45, 7) is 1.85. The summed E-state index contributed by atoms with van der Waals surface area (Å²) in [6, 6.07) is 8.94. The Morgan fingerprint density at radius 1 is 1.25 bits per heavy atom. The van der Waals surface area contributed by atoms with Crippen molar-refractivity contribution in [3.05, 3.63) is 52.8 Å². The average Bonchev–Trinajstić information content (AvgIpc) is 2.41. The predicted octanol–water partition coefficient (Wildman–Crippen LogP) is 4.37. The van der Waals surface area contributed by atoms with Gasteiger partial charge in [-0.1, -0.05) is 17.7 Å². The van der Waals surface area contributed by atoms with Crippen molar-refractivity contribution in [3.8, 4) is 11.5 Å². The first-order chi connectivity index (χ1) is 9.51. The van der Waals surface area contributed by atoms with E-state index in [1.165, 1.54) is 12.1 Å². The summed E-state index contributed by atoms with van der Waals surface area (Å²) in [6.07, 6.45) is 0. The molecule has 3 nitrogen and oxygen atoms in total. The van der Waals surface area contributed by atoms with Gasteiger partial charge in [-0.15, -0.1) is 0 Å². The maximum absolute atomic E-state index is 13.0. The molecule has 0 spiro atoms. The molecule has 0 heterocycles. The summed E-state index contributed by atoms with van der Waals surface area (Å²) in [5.74, 6) is 0.106. The fourth-order valence-electron chi connectivity index (χ4n) is 1.94. The van der Waals surface area contributed by atoms with Crippen molar-refractivity contribution in [1.29, 1.82) is 0 Å². The Labute approximate surface area is 122 Å². The molecule has 0 bridgehead atoms. The highest BCUT2D eigenvalue weighted by molar-refractivity contribution is 6.33. The second-order valence-electron chi connectivity index (χ2n) is 4.41. The third kappa shape index (κ3) is 3.14. The Balaban J connectivity index is 2.25. The maximum atomic E-state index is 13.0. The van der Waals surface area contributed by atoms with Crippen LogP contribution in [0.3, 0.4) is 0 Å². The van der Waals surface area contributed by atoms with Crippen molar-refractivity contribution in [2.75, 3.05) is 12.4 Å². The number of hydrogen-bond acceptors (Lipinski definition) is 3. The number of halogens is 2. The zero-order chi connectivity index (χ0) is 14.7. The number of ether oxygens (including phenoxy) is 1. The van der Waals surface area contributed by atoms with Gasteiger partial charge >= 0.3 is 0 Å². The van der Waals surface area contributed by atoms with Crippen molar-refractivity contribution in [1.82, 2.24) is 0 Å². The SMILES string of the molecule is COc1ccc(Cl)c(NC(C)c2ccc(F)cc2O)c1. The highest BCUT2D eigenvalue weighted by atomic mass is 35.5. The molecular formula is C15H15ClFNO2. The Morgan fingerprint density at radius 3 is 2.65 bits per heavy atom. The molecule has 1 atom stereocenters. The number of aromatic hydroxyl groups is 1. The molecule has 0 aliphatic heterocycles. The van der Waals surface area contributed by atoms with Crippen LogP contribution in [0.1, 0.15) is 18.5 Å². The first-order valence-electron chi connectivity index (χ1n) is 6.09. The van der Waals surface area contributed by atoms with Crippen LogP contribution < -0.4 is 10.1 Å². The first kappa shape index (κ1) is 14.5. The van der Waals surface area contributed by atoms with E-state index in [1.807, 2.05) is 6.92 Å². The number of rotatable bonds is 4. The van der Waals surface area contributed by atoms with Gasteiger partial charge in [0.25, 0.3) is 0 Å². The smallest absolute Gasteiger partial charge is 0.126 e. The molecule has 2 rings (SSSR count). The van der Waals surface area contributed by atoms with E-state index in [0.717, 1.165) is 6.07 Å². The van der Waals surface area contributed by atoms with Crippen LogP contribution in [0, 0.1) is 5.82 Å². The van der Waals surface area contributed by atoms with Gasteiger partial charge in [-0.3, -0.25) is 0 Å². The average molecular weight is 296 g/mol. The molecule has 0 fully saturated rings. The molecule has 0 aliphatic rings. The molecule has 0 saturated heterocycles. The van der Waals surface area contributed by atoms with E-state index in [0.29, 0.717) is 22.0 Å². The van der Waals surface area contributed by atoms with Crippen molar-refractivity contribution < 1.29 is 14.2 Å². The van der Waals surface area contributed by atoms with E-state index in [2.05, 4.69) is 5.32 Å². The molecule has 2 aromatic carbocycles. The monoisotopic (exact) mass is 295 g/mol. The second-order valence-corrected chi connectivity index (χ2v) is 4.82.